The predicted octanol–water partition coefficient (Wildman–Crippen LogP) is 3.62. The molecule has 0 saturated carbocycles. The third-order valence-electron chi connectivity index (χ3n) is 3.49. The molecule has 0 aliphatic heterocycles. The summed E-state index contributed by atoms with van der Waals surface area (Å²) in [4.78, 5) is 12.2. The van der Waals surface area contributed by atoms with Gasteiger partial charge in [0, 0.05) is 12.7 Å². The van der Waals surface area contributed by atoms with Crippen LogP contribution in [0.4, 0.5) is 5.82 Å². The van der Waals surface area contributed by atoms with Crippen molar-refractivity contribution in [1.82, 2.24) is 9.78 Å². The molecule has 25 heavy (non-hydrogen) atoms. The van der Waals surface area contributed by atoms with Crippen LogP contribution in [0.3, 0.4) is 0 Å². The normalized spacial score (nSPS) is 12.2. The van der Waals surface area contributed by atoms with Crippen molar-refractivity contribution in [1.29, 1.82) is 0 Å². The van der Waals surface area contributed by atoms with Crippen molar-refractivity contribution in [3.05, 3.63) is 46.1 Å². The molecule has 1 N–H and O–H groups in total. The van der Waals surface area contributed by atoms with Gasteiger partial charge in [-0.2, -0.15) is 5.10 Å². The van der Waals surface area contributed by atoms with E-state index >= 15 is 0 Å². The number of nitrogens with one attached hydrogen (secondary N) is 1. The van der Waals surface area contributed by atoms with Gasteiger partial charge in [-0.15, -0.1) is 0 Å². The number of halogens is 2. The van der Waals surface area contributed by atoms with E-state index in [9.17, 15) is 4.79 Å². The molecule has 0 spiro atoms. The molecule has 136 valence electrons. The van der Waals surface area contributed by atoms with E-state index in [1.807, 2.05) is 19.1 Å². The standard InChI is InChI=1S/C17H21Cl2N3O3/c1-3-24-9-10-25-12(2)17(23)21-15-7-8-20-22(15)11-13-5-4-6-14(18)16(13)19/h4-8,12H,3,9-11H2,1-2H3,(H,21,23)/t12-/m1/s1. The topological polar surface area (TPSA) is 65.4 Å². The Morgan fingerprint density at radius 1 is 1.32 bits per heavy atom. The van der Waals surface area contributed by atoms with Crippen molar-refractivity contribution in [3.63, 3.8) is 0 Å². The van der Waals surface area contributed by atoms with Crippen molar-refractivity contribution in [2.45, 2.75) is 26.5 Å². The van der Waals surface area contributed by atoms with Gasteiger partial charge in [0.05, 0.1) is 36.0 Å². The van der Waals surface area contributed by atoms with Gasteiger partial charge < -0.3 is 14.8 Å². The quantitative estimate of drug-likeness (QED) is 0.669. The first kappa shape index (κ1) is 19.7. The van der Waals surface area contributed by atoms with Crippen LogP contribution >= 0.6 is 23.2 Å². The SMILES string of the molecule is CCOCCO[C@H](C)C(=O)Nc1ccnn1Cc1cccc(Cl)c1Cl. The zero-order valence-electron chi connectivity index (χ0n) is 14.2. The monoisotopic (exact) mass is 385 g/mol. The van der Waals surface area contributed by atoms with E-state index in [1.54, 1.807) is 29.9 Å². The molecule has 0 aliphatic rings. The van der Waals surface area contributed by atoms with E-state index in [4.69, 9.17) is 32.7 Å². The Balaban J connectivity index is 1.97. The summed E-state index contributed by atoms with van der Waals surface area (Å²) < 4.78 is 12.3. The highest BCUT2D eigenvalue weighted by atomic mass is 35.5. The first-order chi connectivity index (χ1) is 12.0. The van der Waals surface area contributed by atoms with Gasteiger partial charge in [-0.25, -0.2) is 4.68 Å². The average Bonchev–Trinajstić information content (AvgIpc) is 3.02. The van der Waals surface area contributed by atoms with Crippen LogP contribution in [0.2, 0.25) is 10.0 Å². The molecule has 1 amide bonds. The molecule has 0 bridgehead atoms. The molecule has 0 unspecified atom stereocenters. The van der Waals surface area contributed by atoms with Crippen molar-refractivity contribution in [2.24, 2.45) is 0 Å². The van der Waals surface area contributed by atoms with Crippen LogP contribution in [0.15, 0.2) is 30.5 Å². The molecule has 2 aromatic rings. The number of hydrogen-bond donors (Lipinski definition) is 1. The number of rotatable bonds is 9. The molecule has 0 fully saturated rings. The molecule has 0 radical (unpaired) electrons. The van der Waals surface area contributed by atoms with Gasteiger partial charge in [-0.1, -0.05) is 35.3 Å². The smallest absolute Gasteiger partial charge is 0.254 e. The third kappa shape index (κ3) is 5.71. The van der Waals surface area contributed by atoms with Crippen LogP contribution in [0.25, 0.3) is 0 Å². The number of carbonyl (C=O) groups is 1. The molecule has 2 rings (SSSR count). The van der Waals surface area contributed by atoms with E-state index in [1.165, 1.54) is 0 Å². The Kier molecular flexibility index (Phi) is 7.71. The van der Waals surface area contributed by atoms with Crippen LogP contribution in [0.5, 0.6) is 0 Å². The second kappa shape index (κ2) is 9.77. The number of nitrogens with zero attached hydrogens (tertiary/aromatic N) is 2. The van der Waals surface area contributed by atoms with Crippen molar-refractivity contribution >= 4 is 34.9 Å². The van der Waals surface area contributed by atoms with Crippen LogP contribution in [0.1, 0.15) is 19.4 Å². The van der Waals surface area contributed by atoms with Crippen LogP contribution in [-0.2, 0) is 20.8 Å². The van der Waals surface area contributed by atoms with Gasteiger partial charge in [0.2, 0.25) is 0 Å². The Hall–Kier alpha value is -1.60. The van der Waals surface area contributed by atoms with Gasteiger partial charge in [0.15, 0.2) is 0 Å². The van der Waals surface area contributed by atoms with E-state index in [-0.39, 0.29) is 5.91 Å². The summed E-state index contributed by atoms with van der Waals surface area (Å²) in [5, 5.41) is 7.98. The zero-order chi connectivity index (χ0) is 18.2. The molecule has 0 saturated heterocycles. The van der Waals surface area contributed by atoms with E-state index in [0.717, 1.165) is 5.56 Å². The Bertz CT molecular complexity index is 706. The zero-order valence-corrected chi connectivity index (χ0v) is 15.7. The van der Waals surface area contributed by atoms with Gasteiger partial charge >= 0.3 is 0 Å². The molecule has 6 nitrogen and oxygen atoms in total. The molecule has 1 aromatic heterocycles. The van der Waals surface area contributed by atoms with Crippen LogP contribution in [0, 0.1) is 0 Å². The number of amides is 1. The predicted molar refractivity (Wildman–Crippen MR) is 98.3 cm³/mol. The third-order valence-corrected chi connectivity index (χ3v) is 4.35. The van der Waals surface area contributed by atoms with Gasteiger partial charge in [0.1, 0.15) is 11.9 Å². The molecular formula is C17H21Cl2N3O3. The Morgan fingerprint density at radius 2 is 2.12 bits per heavy atom. The first-order valence-electron chi connectivity index (χ1n) is 7.97. The minimum atomic E-state index is -0.599. The number of benzene rings is 1. The lowest BCUT2D eigenvalue weighted by molar-refractivity contribution is -0.127. The summed E-state index contributed by atoms with van der Waals surface area (Å²) in [7, 11) is 0. The average molecular weight is 386 g/mol. The number of anilines is 1. The van der Waals surface area contributed by atoms with E-state index < -0.39 is 6.10 Å². The maximum atomic E-state index is 12.2. The second-order valence-corrected chi connectivity index (χ2v) is 6.07. The number of carbonyl (C=O) groups excluding carboxylic acids is 1. The van der Waals surface area contributed by atoms with Crippen molar-refractivity contribution in [2.75, 3.05) is 25.1 Å². The summed E-state index contributed by atoms with van der Waals surface area (Å²) in [6.07, 6.45) is 1.01. The summed E-state index contributed by atoms with van der Waals surface area (Å²) in [5.74, 6) is 0.303. The molecule has 0 aliphatic carbocycles. The summed E-state index contributed by atoms with van der Waals surface area (Å²) >= 11 is 12.2. The molecule has 1 atom stereocenters. The minimum Gasteiger partial charge on any atom is -0.379 e. The fourth-order valence-corrected chi connectivity index (χ4v) is 2.51. The molecule has 1 heterocycles. The highest BCUT2D eigenvalue weighted by molar-refractivity contribution is 6.42. The summed E-state index contributed by atoms with van der Waals surface area (Å²) in [5.41, 5.74) is 0.814. The second-order valence-electron chi connectivity index (χ2n) is 5.29. The lowest BCUT2D eigenvalue weighted by Crippen LogP contribution is -2.30. The van der Waals surface area contributed by atoms with E-state index in [2.05, 4.69) is 10.4 Å². The number of ether oxygens (including phenoxy) is 2. The van der Waals surface area contributed by atoms with Gasteiger partial charge in [-0.05, 0) is 25.5 Å². The lowest BCUT2D eigenvalue weighted by atomic mass is 10.2. The maximum Gasteiger partial charge on any atom is 0.254 e. The highest BCUT2D eigenvalue weighted by Gasteiger charge is 2.16. The van der Waals surface area contributed by atoms with Crippen LogP contribution < -0.4 is 5.32 Å². The maximum absolute atomic E-state index is 12.2. The van der Waals surface area contributed by atoms with Gasteiger partial charge in [0.25, 0.3) is 5.91 Å². The summed E-state index contributed by atoms with van der Waals surface area (Å²) in [6, 6.07) is 7.12. The van der Waals surface area contributed by atoms with E-state index in [0.29, 0.717) is 42.2 Å². The lowest BCUT2D eigenvalue weighted by Gasteiger charge is -2.15. The largest absolute Gasteiger partial charge is 0.379 e. The first-order valence-corrected chi connectivity index (χ1v) is 8.73. The van der Waals surface area contributed by atoms with Crippen LogP contribution in [-0.4, -0.2) is 41.6 Å². The minimum absolute atomic E-state index is 0.254. The summed E-state index contributed by atoms with van der Waals surface area (Å²) in [6.45, 7) is 5.43. The Morgan fingerprint density at radius 3 is 2.88 bits per heavy atom. The van der Waals surface area contributed by atoms with Gasteiger partial charge in [-0.3, -0.25) is 4.79 Å². The molecular weight excluding hydrogens is 365 g/mol. The van der Waals surface area contributed by atoms with Crippen molar-refractivity contribution in [3.8, 4) is 0 Å². The molecule has 8 heteroatoms. The molecule has 1 aromatic carbocycles. The highest BCUT2D eigenvalue weighted by Crippen LogP contribution is 2.26. The number of hydrogen-bond acceptors (Lipinski definition) is 4. The Labute approximate surface area is 157 Å². The van der Waals surface area contributed by atoms with Crippen molar-refractivity contribution < 1.29 is 14.3 Å². The fourth-order valence-electron chi connectivity index (χ4n) is 2.13. The fraction of sp³-hybridized carbons (Fsp3) is 0.412. The number of aromatic nitrogens is 2.